The van der Waals surface area contributed by atoms with Gasteiger partial charge in [-0.3, -0.25) is 0 Å². The summed E-state index contributed by atoms with van der Waals surface area (Å²) in [7, 11) is 0. The van der Waals surface area contributed by atoms with E-state index in [9.17, 15) is 0 Å². The number of allylic oxidation sites excluding steroid dienone is 5. The van der Waals surface area contributed by atoms with E-state index in [4.69, 9.17) is 11.6 Å². The van der Waals surface area contributed by atoms with E-state index in [1.807, 2.05) is 30.5 Å². The standard InChI is InChI=1S/C22H22ClN/c23-22-19(12-7-11-18-9-3-1-4-10-18)13-8-14-20(22)17-24-21-15-5-2-6-16-21/h1-7,9-10,12,15-17,24H,8,11,13-14H2/b12-7+,20-17+. The van der Waals surface area contributed by atoms with Crippen molar-refractivity contribution in [3.8, 4) is 0 Å². The van der Waals surface area contributed by atoms with Crippen LogP contribution in [0, 0.1) is 0 Å². The van der Waals surface area contributed by atoms with Crippen LogP contribution in [0.1, 0.15) is 24.8 Å². The van der Waals surface area contributed by atoms with Gasteiger partial charge in [0.05, 0.1) is 0 Å². The van der Waals surface area contributed by atoms with E-state index in [1.54, 1.807) is 0 Å². The van der Waals surface area contributed by atoms with Crippen molar-refractivity contribution in [3.05, 3.63) is 101 Å². The Morgan fingerprint density at radius 3 is 2.38 bits per heavy atom. The third kappa shape index (κ3) is 4.62. The molecule has 0 spiro atoms. The Morgan fingerprint density at radius 1 is 0.917 bits per heavy atom. The summed E-state index contributed by atoms with van der Waals surface area (Å²) in [5, 5.41) is 4.24. The highest BCUT2D eigenvalue weighted by molar-refractivity contribution is 6.32. The maximum absolute atomic E-state index is 6.62. The van der Waals surface area contributed by atoms with E-state index in [2.05, 4.69) is 53.9 Å². The molecule has 0 fully saturated rings. The third-order valence-corrected chi connectivity index (χ3v) is 4.64. The minimum Gasteiger partial charge on any atom is -0.361 e. The molecule has 0 aromatic heterocycles. The number of para-hydroxylation sites is 1. The zero-order valence-corrected chi connectivity index (χ0v) is 14.5. The Balaban J connectivity index is 1.68. The molecule has 0 saturated heterocycles. The highest BCUT2D eigenvalue weighted by Crippen LogP contribution is 2.33. The molecular formula is C22H22ClN. The molecule has 2 aromatic carbocycles. The van der Waals surface area contributed by atoms with Crippen molar-refractivity contribution in [2.75, 3.05) is 5.32 Å². The number of anilines is 1. The van der Waals surface area contributed by atoms with Crippen LogP contribution in [-0.4, -0.2) is 0 Å². The van der Waals surface area contributed by atoms with Crippen LogP contribution >= 0.6 is 11.6 Å². The quantitative estimate of drug-likeness (QED) is 0.661. The normalized spacial score (nSPS) is 16.8. The lowest BCUT2D eigenvalue weighted by Crippen LogP contribution is -2.00. The van der Waals surface area contributed by atoms with E-state index < -0.39 is 0 Å². The number of halogens is 1. The van der Waals surface area contributed by atoms with E-state index in [-0.39, 0.29) is 0 Å². The summed E-state index contributed by atoms with van der Waals surface area (Å²) in [4.78, 5) is 0. The van der Waals surface area contributed by atoms with E-state index >= 15 is 0 Å². The summed E-state index contributed by atoms with van der Waals surface area (Å²) >= 11 is 6.62. The molecule has 0 radical (unpaired) electrons. The second-order valence-corrected chi connectivity index (χ2v) is 6.34. The average Bonchev–Trinajstić information content (AvgIpc) is 2.64. The first-order valence-corrected chi connectivity index (χ1v) is 8.81. The predicted molar refractivity (Wildman–Crippen MR) is 104 cm³/mol. The first-order valence-electron chi connectivity index (χ1n) is 8.43. The van der Waals surface area contributed by atoms with Crippen molar-refractivity contribution in [3.63, 3.8) is 0 Å². The molecule has 24 heavy (non-hydrogen) atoms. The van der Waals surface area contributed by atoms with Crippen molar-refractivity contribution in [1.82, 2.24) is 0 Å². The second kappa shape index (κ2) is 8.56. The van der Waals surface area contributed by atoms with Crippen molar-refractivity contribution in [2.24, 2.45) is 0 Å². The molecule has 1 N–H and O–H groups in total. The maximum atomic E-state index is 6.62. The molecule has 1 nitrogen and oxygen atoms in total. The van der Waals surface area contributed by atoms with Crippen LogP contribution in [0.5, 0.6) is 0 Å². The predicted octanol–water partition coefficient (Wildman–Crippen LogP) is 6.46. The fourth-order valence-corrected chi connectivity index (χ4v) is 3.15. The van der Waals surface area contributed by atoms with Crippen LogP contribution in [0.25, 0.3) is 0 Å². The maximum Gasteiger partial charge on any atom is 0.0484 e. The Morgan fingerprint density at radius 2 is 1.62 bits per heavy atom. The van der Waals surface area contributed by atoms with Crippen LogP contribution < -0.4 is 5.32 Å². The van der Waals surface area contributed by atoms with Gasteiger partial charge >= 0.3 is 0 Å². The van der Waals surface area contributed by atoms with Gasteiger partial charge in [-0.05, 0) is 54.5 Å². The SMILES string of the molecule is ClC1=C(/C=C/Cc2ccccc2)CCC/C1=C\Nc1ccccc1. The minimum absolute atomic E-state index is 0.897. The van der Waals surface area contributed by atoms with Crippen molar-refractivity contribution < 1.29 is 0 Å². The smallest absolute Gasteiger partial charge is 0.0484 e. The molecule has 2 heteroatoms. The van der Waals surface area contributed by atoms with Crippen LogP contribution in [0.2, 0.25) is 0 Å². The zero-order chi connectivity index (χ0) is 16.6. The number of nitrogens with one attached hydrogen (secondary N) is 1. The molecular weight excluding hydrogens is 314 g/mol. The fourth-order valence-electron chi connectivity index (χ4n) is 2.84. The molecule has 2 aromatic rings. The van der Waals surface area contributed by atoms with Gasteiger partial charge in [0.2, 0.25) is 0 Å². The van der Waals surface area contributed by atoms with E-state index in [0.717, 1.165) is 36.4 Å². The largest absolute Gasteiger partial charge is 0.361 e. The molecule has 3 rings (SSSR count). The molecule has 0 atom stereocenters. The highest BCUT2D eigenvalue weighted by Gasteiger charge is 2.13. The molecule has 0 heterocycles. The Labute approximate surface area is 149 Å². The number of hydrogen-bond acceptors (Lipinski definition) is 1. The number of rotatable bonds is 5. The van der Waals surface area contributed by atoms with Crippen molar-refractivity contribution >= 4 is 17.3 Å². The van der Waals surface area contributed by atoms with Gasteiger partial charge in [-0.2, -0.15) is 0 Å². The summed E-state index contributed by atoms with van der Waals surface area (Å²) in [5.74, 6) is 0. The van der Waals surface area contributed by atoms with E-state index in [1.165, 1.54) is 16.7 Å². The van der Waals surface area contributed by atoms with Crippen molar-refractivity contribution in [2.45, 2.75) is 25.7 Å². The fraction of sp³-hybridized carbons (Fsp3) is 0.182. The van der Waals surface area contributed by atoms with Gasteiger partial charge in [0, 0.05) is 16.9 Å². The molecule has 0 amide bonds. The van der Waals surface area contributed by atoms with Gasteiger partial charge in [-0.15, -0.1) is 0 Å². The van der Waals surface area contributed by atoms with Crippen molar-refractivity contribution in [1.29, 1.82) is 0 Å². The van der Waals surface area contributed by atoms with Crippen LogP contribution in [0.15, 0.2) is 95.2 Å². The molecule has 1 aliphatic carbocycles. The number of benzene rings is 2. The minimum atomic E-state index is 0.897. The molecule has 122 valence electrons. The summed E-state index contributed by atoms with van der Waals surface area (Å²) in [5.41, 5.74) is 4.83. The number of hydrogen-bond donors (Lipinski definition) is 1. The van der Waals surface area contributed by atoms with Crippen LogP contribution in [0.3, 0.4) is 0 Å². The second-order valence-electron chi connectivity index (χ2n) is 5.96. The summed E-state index contributed by atoms with van der Waals surface area (Å²) in [6.07, 6.45) is 10.6. The summed E-state index contributed by atoms with van der Waals surface area (Å²) in [6, 6.07) is 20.7. The monoisotopic (exact) mass is 335 g/mol. The third-order valence-electron chi connectivity index (χ3n) is 4.16. The molecule has 0 saturated carbocycles. The Kier molecular flexibility index (Phi) is 5.92. The van der Waals surface area contributed by atoms with Gasteiger partial charge < -0.3 is 5.32 Å². The highest BCUT2D eigenvalue weighted by atomic mass is 35.5. The van der Waals surface area contributed by atoms with Gasteiger partial charge in [0.15, 0.2) is 0 Å². The van der Waals surface area contributed by atoms with E-state index in [0.29, 0.717) is 0 Å². The van der Waals surface area contributed by atoms with Gasteiger partial charge in [-0.25, -0.2) is 0 Å². The topological polar surface area (TPSA) is 12.0 Å². The summed E-state index contributed by atoms with van der Waals surface area (Å²) < 4.78 is 0. The summed E-state index contributed by atoms with van der Waals surface area (Å²) in [6.45, 7) is 0. The lowest BCUT2D eigenvalue weighted by molar-refractivity contribution is 0.790. The Bertz CT molecular complexity index is 742. The lowest BCUT2D eigenvalue weighted by Gasteiger charge is -2.17. The average molecular weight is 336 g/mol. The van der Waals surface area contributed by atoms with Crippen LogP contribution in [-0.2, 0) is 6.42 Å². The first kappa shape index (κ1) is 16.6. The van der Waals surface area contributed by atoms with Crippen LogP contribution in [0.4, 0.5) is 5.69 Å². The first-order chi connectivity index (χ1) is 11.8. The van der Waals surface area contributed by atoms with Gasteiger partial charge in [0.25, 0.3) is 0 Å². The van der Waals surface area contributed by atoms with Gasteiger partial charge in [0.1, 0.15) is 0 Å². The Hall–Kier alpha value is -2.25. The van der Waals surface area contributed by atoms with Gasteiger partial charge in [-0.1, -0.05) is 72.3 Å². The molecule has 0 aliphatic heterocycles. The molecule has 0 unspecified atom stereocenters. The zero-order valence-electron chi connectivity index (χ0n) is 13.7. The lowest BCUT2D eigenvalue weighted by atomic mass is 9.94. The molecule has 1 aliphatic rings. The molecule has 0 bridgehead atoms.